The van der Waals surface area contributed by atoms with Crippen LogP contribution in [0.4, 0.5) is 5.69 Å². The second-order valence-electron chi connectivity index (χ2n) is 6.33. The van der Waals surface area contributed by atoms with Crippen LogP contribution < -0.4 is 15.6 Å². The third kappa shape index (κ3) is 5.70. The van der Waals surface area contributed by atoms with E-state index in [1.165, 1.54) is 11.3 Å². The summed E-state index contributed by atoms with van der Waals surface area (Å²) < 4.78 is 28.0. The first kappa shape index (κ1) is 23.2. The summed E-state index contributed by atoms with van der Waals surface area (Å²) in [6.45, 7) is 4.50. The molecule has 9 heteroatoms. The van der Waals surface area contributed by atoms with E-state index in [0.29, 0.717) is 18.5 Å². The van der Waals surface area contributed by atoms with Gasteiger partial charge in [-0.15, -0.1) is 23.7 Å². The van der Waals surface area contributed by atoms with Crippen molar-refractivity contribution in [1.82, 2.24) is 9.71 Å². The minimum atomic E-state index is -3.58. The molecule has 6 nitrogen and oxygen atoms in total. The zero-order valence-electron chi connectivity index (χ0n) is 16.2. The van der Waals surface area contributed by atoms with Gasteiger partial charge < -0.3 is 10.3 Å². The van der Waals surface area contributed by atoms with Crippen LogP contribution in [-0.4, -0.2) is 26.5 Å². The van der Waals surface area contributed by atoms with Crippen molar-refractivity contribution >= 4 is 39.5 Å². The van der Waals surface area contributed by atoms with Gasteiger partial charge in [0, 0.05) is 40.5 Å². The Hall–Kier alpha value is -2.13. The van der Waals surface area contributed by atoms with Gasteiger partial charge in [0.25, 0.3) is 5.56 Å². The van der Waals surface area contributed by atoms with Crippen LogP contribution in [0.25, 0.3) is 10.4 Å². The van der Waals surface area contributed by atoms with Gasteiger partial charge in [-0.25, -0.2) is 13.1 Å². The molecular weight excluding hydrogens is 430 g/mol. The molecule has 0 atom stereocenters. The third-order valence-electron chi connectivity index (χ3n) is 4.33. The number of hydrogen-bond acceptors (Lipinski definition) is 5. The number of hydrogen-bond donors (Lipinski definition) is 3. The number of thiophene rings is 1. The summed E-state index contributed by atoms with van der Waals surface area (Å²) in [7, 11) is -3.58. The van der Waals surface area contributed by atoms with Gasteiger partial charge in [-0.3, -0.25) is 4.79 Å². The number of halogens is 1. The van der Waals surface area contributed by atoms with E-state index in [1.54, 1.807) is 12.1 Å². The van der Waals surface area contributed by atoms with Gasteiger partial charge >= 0.3 is 0 Å². The van der Waals surface area contributed by atoms with E-state index in [1.807, 2.05) is 50.2 Å². The van der Waals surface area contributed by atoms with Gasteiger partial charge in [0.2, 0.25) is 10.0 Å². The van der Waals surface area contributed by atoms with Gasteiger partial charge in [0.05, 0.1) is 0 Å². The van der Waals surface area contributed by atoms with Crippen molar-refractivity contribution < 1.29 is 8.42 Å². The largest absolute Gasteiger partial charge is 0.384 e. The minimum Gasteiger partial charge on any atom is -0.384 e. The lowest BCUT2D eigenvalue weighted by Crippen LogP contribution is -2.28. The maximum Gasteiger partial charge on any atom is 0.251 e. The average molecular weight is 454 g/mol. The normalized spacial score (nSPS) is 11.1. The fourth-order valence-corrected chi connectivity index (χ4v) is 5.27. The average Bonchev–Trinajstić information content (AvgIpc) is 3.17. The molecule has 1 aromatic carbocycles. The predicted octanol–water partition coefficient (Wildman–Crippen LogP) is 3.79. The summed E-state index contributed by atoms with van der Waals surface area (Å²) in [5.74, 6) is 0. The first-order chi connectivity index (χ1) is 13.4. The maximum absolute atomic E-state index is 12.6. The third-order valence-corrected chi connectivity index (χ3v) is 7.40. The Kier molecular flexibility index (Phi) is 8.04. The van der Waals surface area contributed by atoms with Gasteiger partial charge in [-0.2, -0.15) is 0 Å². The molecule has 2 heterocycles. The van der Waals surface area contributed by atoms with Crippen LogP contribution >= 0.6 is 23.7 Å². The van der Waals surface area contributed by atoms with Crippen LogP contribution in [0.1, 0.15) is 18.2 Å². The Morgan fingerprint density at radius 3 is 2.48 bits per heavy atom. The second-order valence-corrected chi connectivity index (χ2v) is 9.40. The first-order valence-electron chi connectivity index (χ1n) is 9.02. The fourth-order valence-electron chi connectivity index (χ4n) is 2.81. The summed E-state index contributed by atoms with van der Waals surface area (Å²) in [4.78, 5) is 15.6. The van der Waals surface area contributed by atoms with Crippen LogP contribution in [0.5, 0.6) is 0 Å². The highest BCUT2D eigenvalue weighted by molar-refractivity contribution is 7.91. The lowest BCUT2D eigenvalue weighted by atomic mass is 10.1. The number of aromatic amines is 1. The molecule has 3 N–H and O–H groups in total. The highest BCUT2D eigenvalue weighted by atomic mass is 35.5. The molecular formula is C20H24ClN3O3S2. The van der Waals surface area contributed by atoms with Crippen molar-refractivity contribution in [3.63, 3.8) is 0 Å². The van der Waals surface area contributed by atoms with Gasteiger partial charge in [0.1, 0.15) is 4.21 Å². The topological polar surface area (TPSA) is 91.1 Å². The number of aryl methyl sites for hydroxylation is 2. The Morgan fingerprint density at radius 1 is 1.07 bits per heavy atom. The molecule has 0 radical (unpaired) electrons. The zero-order valence-corrected chi connectivity index (χ0v) is 18.6. The molecule has 0 saturated heterocycles. The summed E-state index contributed by atoms with van der Waals surface area (Å²) in [6.07, 6.45) is 0.620. The summed E-state index contributed by atoms with van der Waals surface area (Å²) >= 11 is 1.19. The number of para-hydroxylation sites is 1. The maximum atomic E-state index is 12.6. The van der Waals surface area contributed by atoms with E-state index >= 15 is 0 Å². The van der Waals surface area contributed by atoms with Crippen LogP contribution in [0.3, 0.4) is 0 Å². The molecule has 3 aromatic rings. The summed E-state index contributed by atoms with van der Waals surface area (Å²) in [5.41, 5.74) is 3.12. The molecule has 0 spiro atoms. The van der Waals surface area contributed by atoms with Crippen molar-refractivity contribution in [3.8, 4) is 10.4 Å². The predicted molar refractivity (Wildman–Crippen MR) is 122 cm³/mol. The van der Waals surface area contributed by atoms with Gasteiger partial charge in [-0.05, 0) is 43.7 Å². The number of aromatic nitrogens is 1. The van der Waals surface area contributed by atoms with Crippen LogP contribution in [0.2, 0.25) is 0 Å². The van der Waals surface area contributed by atoms with E-state index in [0.717, 1.165) is 21.8 Å². The lowest BCUT2D eigenvalue weighted by Gasteiger charge is -2.08. The Balaban J connectivity index is 0.00000300. The first-order valence-corrected chi connectivity index (χ1v) is 11.3. The molecule has 0 amide bonds. The van der Waals surface area contributed by atoms with E-state index in [2.05, 4.69) is 15.0 Å². The number of sulfonamides is 1. The Morgan fingerprint density at radius 2 is 1.79 bits per heavy atom. The van der Waals surface area contributed by atoms with E-state index in [9.17, 15) is 13.2 Å². The highest BCUT2D eigenvalue weighted by Gasteiger charge is 2.18. The van der Waals surface area contributed by atoms with Crippen molar-refractivity contribution in [2.45, 2.75) is 24.5 Å². The number of anilines is 1. The molecule has 0 bridgehead atoms. The van der Waals surface area contributed by atoms with Crippen molar-refractivity contribution in [2.24, 2.45) is 0 Å². The standard InChI is InChI=1S/C20H23N3O3S2.ClH/c1-3-15-13-17(14(2)23-20(15)24)18-9-10-19(27-18)28(25,26)22-12-11-21-16-7-5-4-6-8-16;/h4-10,13,21-22H,3,11-12H2,1-2H3,(H,23,24);1H. The minimum absolute atomic E-state index is 0. The molecule has 0 unspecified atom stereocenters. The zero-order chi connectivity index (χ0) is 20.1. The quantitative estimate of drug-likeness (QED) is 0.452. The molecule has 3 rings (SSSR count). The van der Waals surface area contributed by atoms with Gasteiger partial charge in [-0.1, -0.05) is 25.1 Å². The van der Waals surface area contributed by atoms with Crippen LogP contribution in [-0.2, 0) is 16.4 Å². The van der Waals surface area contributed by atoms with Crippen molar-refractivity contribution in [2.75, 3.05) is 18.4 Å². The molecule has 156 valence electrons. The van der Waals surface area contributed by atoms with Crippen LogP contribution in [0.15, 0.2) is 57.5 Å². The Bertz CT molecular complexity index is 1110. The van der Waals surface area contributed by atoms with E-state index in [4.69, 9.17) is 0 Å². The summed E-state index contributed by atoms with van der Waals surface area (Å²) in [6, 6.07) is 14.8. The number of rotatable bonds is 8. The number of H-pyrrole nitrogens is 1. The fraction of sp³-hybridized carbons (Fsp3) is 0.250. The molecule has 0 saturated carbocycles. The molecule has 0 aliphatic carbocycles. The monoisotopic (exact) mass is 453 g/mol. The van der Waals surface area contributed by atoms with Crippen molar-refractivity contribution in [3.05, 3.63) is 70.1 Å². The van der Waals surface area contributed by atoms with E-state index < -0.39 is 10.0 Å². The molecule has 2 aromatic heterocycles. The highest BCUT2D eigenvalue weighted by Crippen LogP contribution is 2.32. The number of pyridine rings is 1. The molecule has 29 heavy (non-hydrogen) atoms. The SMILES string of the molecule is CCc1cc(-c2ccc(S(=O)(=O)NCCNc3ccccc3)s2)c(C)[nH]c1=O.Cl. The summed E-state index contributed by atoms with van der Waals surface area (Å²) in [5, 5.41) is 3.17. The molecule has 0 fully saturated rings. The lowest BCUT2D eigenvalue weighted by molar-refractivity contribution is 0.585. The molecule has 0 aliphatic rings. The Labute approximate surface area is 180 Å². The number of nitrogens with one attached hydrogen (secondary N) is 3. The number of benzene rings is 1. The second kappa shape index (κ2) is 10.1. The van der Waals surface area contributed by atoms with Crippen LogP contribution in [0, 0.1) is 6.92 Å². The van der Waals surface area contributed by atoms with Gasteiger partial charge in [0.15, 0.2) is 0 Å². The molecule has 0 aliphatic heterocycles. The smallest absolute Gasteiger partial charge is 0.251 e. The van der Waals surface area contributed by atoms with E-state index in [-0.39, 0.29) is 28.7 Å². The van der Waals surface area contributed by atoms with Crippen molar-refractivity contribution in [1.29, 1.82) is 0 Å².